The van der Waals surface area contributed by atoms with Crippen molar-refractivity contribution in [2.24, 2.45) is 28.6 Å². The number of ether oxygens (including phenoxy) is 4. The second-order valence-electron chi connectivity index (χ2n) is 12.3. The first-order valence-electron chi connectivity index (χ1n) is 12.8. The number of aliphatic hydroxyl groups is 2. The van der Waals surface area contributed by atoms with Crippen molar-refractivity contribution in [1.82, 2.24) is 0 Å². The normalized spacial score (nSPS) is 48.0. The van der Waals surface area contributed by atoms with Gasteiger partial charge in [0.1, 0.15) is 29.5 Å². The third-order valence-corrected chi connectivity index (χ3v) is 10.5. The summed E-state index contributed by atoms with van der Waals surface area (Å²) in [4.78, 5) is 38.8. The van der Waals surface area contributed by atoms with E-state index in [1.165, 1.54) is 7.11 Å². The molecule has 0 aromatic carbocycles. The van der Waals surface area contributed by atoms with Gasteiger partial charge < -0.3 is 29.2 Å². The summed E-state index contributed by atoms with van der Waals surface area (Å²) in [6, 6.07) is 0. The van der Waals surface area contributed by atoms with Gasteiger partial charge >= 0.3 is 5.97 Å². The third-order valence-electron chi connectivity index (χ3n) is 10.5. The molecule has 1 saturated heterocycles. The summed E-state index contributed by atoms with van der Waals surface area (Å²) in [5.74, 6) is -3.08. The first-order chi connectivity index (χ1) is 16.7. The summed E-state index contributed by atoms with van der Waals surface area (Å²) in [7, 11) is 3.00. The summed E-state index contributed by atoms with van der Waals surface area (Å²) < 4.78 is 23.3. The molecule has 10 atom stereocenters. The van der Waals surface area contributed by atoms with Gasteiger partial charge in [0.05, 0.1) is 29.8 Å². The standard InChI is InChI=1S/C27H38O9.Ac/c1-12-16(36-23(30)14-8-15(14)28)10-27(32)13(2)21-25(5,17(33-6)9-18-26(21,31)11-35-18)22(29)20(34-7)19(12)24(27,3)4;/h13-14,16-18,20-21,31-32H,8-11H2,1-7H3;/t13-,14?,16?,17?,18?,20?,21?,25+,26-,27?;/m0./s1. The molecule has 9 nitrogen and oxygen atoms in total. The van der Waals surface area contributed by atoms with Crippen molar-refractivity contribution in [3.8, 4) is 0 Å². The Morgan fingerprint density at radius 1 is 1.11 bits per heavy atom. The van der Waals surface area contributed by atoms with Gasteiger partial charge in [-0.3, -0.25) is 14.4 Å². The summed E-state index contributed by atoms with van der Waals surface area (Å²) in [5, 5.41) is 24.5. The van der Waals surface area contributed by atoms with Gasteiger partial charge in [-0.1, -0.05) is 20.8 Å². The van der Waals surface area contributed by atoms with Gasteiger partial charge in [-0.2, -0.15) is 0 Å². The van der Waals surface area contributed by atoms with Crippen LogP contribution < -0.4 is 0 Å². The molecule has 5 aliphatic rings. The Hall–Kier alpha value is -0.208. The summed E-state index contributed by atoms with van der Waals surface area (Å²) in [6.45, 7) is 9.28. The first kappa shape index (κ1) is 29.8. The van der Waals surface area contributed by atoms with Crippen LogP contribution in [-0.2, 0) is 33.3 Å². The maximum atomic E-state index is 14.5. The van der Waals surface area contributed by atoms with Crippen molar-refractivity contribution in [2.75, 3.05) is 20.8 Å². The third kappa shape index (κ3) is 3.79. The minimum atomic E-state index is -1.49. The number of esters is 1. The minimum absolute atomic E-state index is 0. The predicted octanol–water partition coefficient (Wildman–Crippen LogP) is 1.37. The van der Waals surface area contributed by atoms with Gasteiger partial charge in [0.25, 0.3) is 0 Å². The molecule has 4 fully saturated rings. The molecule has 3 saturated carbocycles. The Labute approximate surface area is 253 Å². The van der Waals surface area contributed by atoms with E-state index in [2.05, 4.69) is 0 Å². The van der Waals surface area contributed by atoms with E-state index in [1.807, 2.05) is 27.7 Å². The molecular formula is C27H38AcO9. The van der Waals surface area contributed by atoms with E-state index in [1.54, 1.807) is 14.0 Å². The predicted molar refractivity (Wildman–Crippen MR) is 126 cm³/mol. The van der Waals surface area contributed by atoms with Gasteiger partial charge in [-0.15, -0.1) is 0 Å². The largest absolute Gasteiger partial charge is 0.457 e. The van der Waals surface area contributed by atoms with Crippen LogP contribution in [0.1, 0.15) is 53.9 Å². The van der Waals surface area contributed by atoms with Crippen LogP contribution in [0, 0.1) is 72.6 Å². The van der Waals surface area contributed by atoms with Crippen molar-refractivity contribution >= 4 is 17.5 Å². The fourth-order valence-electron chi connectivity index (χ4n) is 8.20. The Kier molecular flexibility index (Phi) is 7.58. The van der Waals surface area contributed by atoms with Crippen molar-refractivity contribution in [2.45, 2.75) is 89.5 Å². The van der Waals surface area contributed by atoms with E-state index < -0.39 is 70.2 Å². The molecule has 37 heavy (non-hydrogen) atoms. The number of carbonyl (C=O) groups excluding carboxylic acids is 3. The molecule has 1 heterocycles. The fraction of sp³-hybridized carbons (Fsp3) is 0.815. The number of Topliss-reactive ketones (excluding diaryl/α,β-unsaturated/α-hetero) is 2. The van der Waals surface area contributed by atoms with E-state index in [-0.39, 0.29) is 75.1 Å². The summed E-state index contributed by atoms with van der Waals surface area (Å²) >= 11 is 0. The molecule has 2 bridgehead atoms. The monoisotopic (exact) mass is 733 g/mol. The van der Waals surface area contributed by atoms with Crippen molar-refractivity contribution in [3.63, 3.8) is 0 Å². The van der Waals surface area contributed by atoms with Gasteiger partial charge in [0, 0.05) is 88.9 Å². The van der Waals surface area contributed by atoms with E-state index in [0.717, 1.165) is 0 Å². The zero-order valence-electron chi connectivity index (χ0n) is 22.7. The van der Waals surface area contributed by atoms with Crippen molar-refractivity contribution < 1.29 is 87.6 Å². The number of fused-ring (bicyclic) bond motifs is 5. The smallest absolute Gasteiger partial charge is 0.317 e. The van der Waals surface area contributed by atoms with Crippen LogP contribution in [0.15, 0.2) is 11.1 Å². The number of rotatable bonds is 4. The number of hydrogen-bond donors (Lipinski definition) is 2. The molecule has 4 aliphatic carbocycles. The van der Waals surface area contributed by atoms with Crippen molar-refractivity contribution in [3.05, 3.63) is 11.1 Å². The van der Waals surface area contributed by atoms with Gasteiger partial charge in [-0.25, -0.2) is 0 Å². The van der Waals surface area contributed by atoms with E-state index in [4.69, 9.17) is 18.9 Å². The molecule has 5 rings (SSSR count). The van der Waals surface area contributed by atoms with Crippen LogP contribution in [0.3, 0.4) is 0 Å². The van der Waals surface area contributed by atoms with E-state index >= 15 is 0 Å². The Bertz CT molecular complexity index is 1050. The number of ketones is 2. The Balaban J connectivity index is 0.00000320. The average molecular weight is 734 g/mol. The maximum Gasteiger partial charge on any atom is 0.317 e. The van der Waals surface area contributed by atoms with Gasteiger partial charge in [0.2, 0.25) is 0 Å². The minimum Gasteiger partial charge on any atom is -0.457 e. The molecule has 1 aliphatic heterocycles. The molecule has 2 N–H and O–H groups in total. The molecule has 7 unspecified atom stereocenters. The molecule has 1 radical (unpaired) electrons. The van der Waals surface area contributed by atoms with Crippen LogP contribution >= 0.6 is 0 Å². The number of carbonyl (C=O) groups is 3. The molecule has 0 aromatic heterocycles. The van der Waals surface area contributed by atoms with Crippen LogP contribution in [0.25, 0.3) is 0 Å². The quantitative estimate of drug-likeness (QED) is 0.250. The molecule has 0 amide bonds. The first-order valence-corrected chi connectivity index (χ1v) is 12.8. The van der Waals surface area contributed by atoms with E-state index in [0.29, 0.717) is 17.6 Å². The summed E-state index contributed by atoms with van der Waals surface area (Å²) in [6.07, 6.45) is -2.36. The second-order valence-corrected chi connectivity index (χ2v) is 12.3. The van der Waals surface area contributed by atoms with Crippen LogP contribution in [0.5, 0.6) is 0 Å². The SMILES string of the molecule is COC1C(=O)[C@]2(C)C(OC)CC3OC[C@@]3(O)C2[C@H](C)C2(O)CC(OC(=O)C3CC3=O)C(C)=C1C2(C)C.[Ac]. The molecule has 203 valence electrons. The Morgan fingerprint density at radius 3 is 2.22 bits per heavy atom. The van der Waals surface area contributed by atoms with E-state index in [9.17, 15) is 24.6 Å². The molecule has 10 heteroatoms. The van der Waals surface area contributed by atoms with Gasteiger partial charge in [-0.05, 0) is 30.9 Å². The van der Waals surface area contributed by atoms with Crippen LogP contribution in [0.4, 0.5) is 0 Å². The van der Waals surface area contributed by atoms with Crippen LogP contribution in [0.2, 0.25) is 0 Å². The summed E-state index contributed by atoms with van der Waals surface area (Å²) in [5.41, 5.74) is -3.73. The average Bonchev–Trinajstić information content (AvgIpc) is 3.54. The number of methoxy groups -OCH3 is 2. The zero-order valence-corrected chi connectivity index (χ0v) is 27.4. The zero-order chi connectivity index (χ0) is 26.6. The molecule has 0 spiro atoms. The number of hydrogen-bond acceptors (Lipinski definition) is 9. The fourth-order valence-corrected chi connectivity index (χ4v) is 8.20. The second kappa shape index (κ2) is 9.43. The van der Waals surface area contributed by atoms with Gasteiger partial charge in [0.15, 0.2) is 5.78 Å². The topological polar surface area (TPSA) is 129 Å². The van der Waals surface area contributed by atoms with Crippen LogP contribution in [-0.4, -0.2) is 84.2 Å². The molecular weight excluding hydrogens is 695 g/mol. The van der Waals surface area contributed by atoms with Crippen molar-refractivity contribution in [1.29, 1.82) is 0 Å². The molecule has 0 aromatic rings. The Morgan fingerprint density at radius 2 is 1.73 bits per heavy atom. The maximum absolute atomic E-state index is 14.5.